The first-order valence-corrected chi connectivity index (χ1v) is 6.89. The molecule has 0 saturated carbocycles. The summed E-state index contributed by atoms with van der Waals surface area (Å²) in [5.74, 6) is 0. The number of rotatable bonds is 4. The number of hydrogen-bond donors (Lipinski definition) is 1. The van der Waals surface area contributed by atoms with E-state index in [0.717, 1.165) is 17.8 Å². The predicted molar refractivity (Wildman–Crippen MR) is 83.3 cm³/mol. The number of para-hydroxylation sites is 1. The summed E-state index contributed by atoms with van der Waals surface area (Å²) in [7, 11) is 0. The van der Waals surface area contributed by atoms with Crippen LogP contribution >= 0.6 is 0 Å². The summed E-state index contributed by atoms with van der Waals surface area (Å²) in [5, 5.41) is 4.66. The Morgan fingerprint density at radius 1 is 1.37 bits per heavy atom. The molecule has 100 valence electrons. The third-order valence-corrected chi connectivity index (χ3v) is 3.45. The number of aryl methyl sites for hydroxylation is 1. The first-order chi connectivity index (χ1) is 9.11. The molecular formula is C17H22N2. The summed E-state index contributed by atoms with van der Waals surface area (Å²) < 4.78 is 0. The Kier molecular flexibility index (Phi) is 4.33. The van der Waals surface area contributed by atoms with Gasteiger partial charge in [0.1, 0.15) is 0 Å². The number of fused-ring (bicyclic) bond motifs is 1. The molecule has 2 rings (SSSR count). The Morgan fingerprint density at radius 2 is 2.11 bits per heavy atom. The van der Waals surface area contributed by atoms with Gasteiger partial charge in [0, 0.05) is 17.1 Å². The van der Waals surface area contributed by atoms with Gasteiger partial charge in [0.2, 0.25) is 0 Å². The maximum Gasteiger partial charge on any atom is 0.0711 e. The maximum atomic E-state index is 4.58. The molecule has 0 aliphatic carbocycles. The van der Waals surface area contributed by atoms with Crippen molar-refractivity contribution < 1.29 is 0 Å². The second-order valence-electron chi connectivity index (χ2n) is 5.04. The van der Waals surface area contributed by atoms with E-state index >= 15 is 0 Å². The normalized spacial score (nSPS) is 13.8. The highest BCUT2D eigenvalue weighted by Crippen LogP contribution is 2.21. The van der Waals surface area contributed by atoms with Gasteiger partial charge in [0.25, 0.3) is 0 Å². The minimum Gasteiger partial charge on any atom is -0.311 e. The van der Waals surface area contributed by atoms with Gasteiger partial charge < -0.3 is 5.32 Å². The van der Waals surface area contributed by atoms with Crippen molar-refractivity contribution in [1.82, 2.24) is 10.3 Å². The zero-order chi connectivity index (χ0) is 13.8. The molecule has 0 saturated heterocycles. The number of pyridine rings is 1. The topological polar surface area (TPSA) is 24.9 Å². The smallest absolute Gasteiger partial charge is 0.0711 e. The molecule has 0 spiro atoms. The number of hydrogen-bond acceptors (Lipinski definition) is 2. The van der Waals surface area contributed by atoms with E-state index in [1.165, 1.54) is 16.5 Å². The van der Waals surface area contributed by atoms with Crippen LogP contribution in [0.1, 0.15) is 32.0 Å². The van der Waals surface area contributed by atoms with E-state index in [2.05, 4.69) is 61.4 Å². The zero-order valence-corrected chi connectivity index (χ0v) is 12.2. The van der Waals surface area contributed by atoms with Gasteiger partial charge in [-0.2, -0.15) is 0 Å². The summed E-state index contributed by atoms with van der Waals surface area (Å²) in [6.45, 7) is 9.55. The van der Waals surface area contributed by atoms with Crippen LogP contribution in [0.25, 0.3) is 17.0 Å². The number of aromatic nitrogens is 1. The van der Waals surface area contributed by atoms with Gasteiger partial charge in [0.05, 0.1) is 5.52 Å². The minimum atomic E-state index is 0.400. The molecule has 0 bridgehead atoms. The lowest BCUT2D eigenvalue weighted by Crippen LogP contribution is -2.26. The van der Waals surface area contributed by atoms with E-state index in [1.807, 2.05) is 13.0 Å². The van der Waals surface area contributed by atoms with Crippen molar-refractivity contribution in [1.29, 1.82) is 0 Å². The van der Waals surface area contributed by atoms with Crippen molar-refractivity contribution in [3.8, 4) is 0 Å². The lowest BCUT2D eigenvalue weighted by Gasteiger charge is -2.13. The van der Waals surface area contributed by atoms with Crippen LogP contribution in [0.4, 0.5) is 0 Å². The maximum absolute atomic E-state index is 4.58. The molecule has 1 atom stereocenters. The lowest BCUT2D eigenvalue weighted by molar-refractivity contribution is 0.636. The largest absolute Gasteiger partial charge is 0.311 e. The Hall–Kier alpha value is -1.67. The number of nitrogens with one attached hydrogen (secondary N) is 1. The first-order valence-electron chi connectivity index (χ1n) is 6.89. The van der Waals surface area contributed by atoms with E-state index in [0.29, 0.717) is 6.04 Å². The van der Waals surface area contributed by atoms with Crippen LogP contribution in [0, 0.1) is 6.92 Å². The van der Waals surface area contributed by atoms with Crippen LogP contribution in [0.15, 0.2) is 35.9 Å². The fourth-order valence-electron chi connectivity index (χ4n) is 2.30. The van der Waals surface area contributed by atoms with Crippen LogP contribution in [-0.2, 0) is 0 Å². The highest BCUT2D eigenvalue weighted by Gasteiger charge is 2.05. The molecule has 1 aromatic heterocycles. The quantitative estimate of drug-likeness (QED) is 0.893. The van der Waals surface area contributed by atoms with Crippen molar-refractivity contribution in [2.45, 2.75) is 33.7 Å². The molecule has 2 aromatic rings. The standard InChI is InChI=1S/C17H22N2/c1-5-18-14(4)12(2)10-15-11-13(3)19-17-9-7-6-8-16(15)17/h6-11,14,18H,5H2,1-4H3/b12-10+. The van der Waals surface area contributed by atoms with Crippen molar-refractivity contribution in [2.75, 3.05) is 6.54 Å². The molecule has 2 nitrogen and oxygen atoms in total. The van der Waals surface area contributed by atoms with E-state index in [9.17, 15) is 0 Å². The van der Waals surface area contributed by atoms with Crippen LogP contribution in [0.5, 0.6) is 0 Å². The first kappa shape index (κ1) is 13.8. The van der Waals surface area contributed by atoms with Crippen LogP contribution < -0.4 is 5.32 Å². The summed E-state index contributed by atoms with van der Waals surface area (Å²) in [5.41, 5.74) is 4.73. The summed E-state index contributed by atoms with van der Waals surface area (Å²) >= 11 is 0. The molecule has 2 heteroatoms. The molecule has 1 heterocycles. The van der Waals surface area contributed by atoms with Gasteiger partial charge in [-0.15, -0.1) is 0 Å². The average Bonchev–Trinajstić information content (AvgIpc) is 2.38. The molecule has 1 N–H and O–H groups in total. The van der Waals surface area contributed by atoms with Gasteiger partial charge in [-0.05, 0) is 45.0 Å². The van der Waals surface area contributed by atoms with Crippen LogP contribution in [0.3, 0.4) is 0 Å². The Balaban J connectivity index is 2.47. The monoisotopic (exact) mass is 254 g/mol. The second-order valence-corrected chi connectivity index (χ2v) is 5.04. The molecule has 0 aliphatic rings. The van der Waals surface area contributed by atoms with Crippen LogP contribution in [0.2, 0.25) is 0 Å². The molecule has 19 heavy (non-hydrogen) atoms. The fourth-order valence-corrected chi connectivity index (χ4v) is 2.30. The van der Waals surface area contributed by atoms with Crippen molar-refractivity contribution in [3.05, 3.63) is 47.2 Å². The summed E-state index contributed by atoms with van der Waals surface area (Å²) in [4.78, 5) is 4.58. The Labute approximate surface area is 115 Å². The molecule has 0 amide bonds. The minimum absolute atomic E-state index is 0.400. The highest BCUT2D eigenvalue weighted by molar-refractivity contribution is 5.88. The average molecular weight is 254 g/mol. The van der Waals surface area contributed by atoms with E-state index in [4.69, 9.17) is 0 Å². The predicted octanol–water partition coefficient (Wildman–Crippen LogP) is 3.94. The van der Waals surface area contributed by atoms with Gasteiger partial charge >= 0.3 is 0 Å². The summed E-state index contributed by atoms with van der Waals surface area (Å²) in [6, 6.07) is 10.9. The molecular weight excluding hydrogens is 232 g/mol. The zero-order valence-electron chi connectivity index (χ0n) is 12.2. The van der Waals surface area contributed by atoms with Gasteiger partial charge in [-0.1, -0.05) is 36.8 Å². The molecule has 1 unspecified atom stereocenters. The Morgan fingerprint density at radius 3 is 2.84 bits per heavy atom. The molecule has 0 radical (unpaired) electrons. The van der Waals surface area contributed by atoms with Crippen molar-refractivity contribution in [3.63, 3.8) is 0 Å². The van der Waals surface area contributed by atoms with E-state index in [1.54, 1.807) is 0 Å². The highest BCUT2D eigenvalue weighted by atomic mass is 14.9. The van der Waals surface area contributed by atoms with Gasteiger partial charge in [-0.25, -0.2) is 0 Å². The molecule has 1 aromatic carbocycles. The third kappa shape index (κ3) is 3.21. The van der Waals surface area contributed by atoms with Crippen molar-refractivity contribution >= 4 is 17.0 Å². The second kappa shape index (κ2) is 5.98. The Bertz CT molecular complexity index is 599. The third-order valence-electron chi connectivity index (χ3n) is 3.45. The molecule has 0 aliphatic heterocycles. The van der Waals surface area contributed by atoms with Crippen molar-refractivity contribution in [2.24, 2.45) is 0 Å². The molecule has 0 fully saturated rings. The fraction of sp³-hybridized carbons (Fsp3) is 0.353. The number of nitrogens with zero attached hydrogens (tertiary/aromatic N) is 1. The van der Waals surface area contributed by atoms with E-state index in [-0.39, 0.29) is 0 Å². The van der Waals surface area contributed by atoms with Gasteiger partial charge in [-0.3, -0.25) is 4.98 Å². The number of likely N-dealkylation sites (N-methyl/N-ethyl adjacent to an activating group) is 1. The summed E-state index contributed by atoms with van der Waals surface area (Å²) in [6.07, 6.45) is 2.27. The lowest BCUT2D eigenvalue weighted by atomic mass is 10.0. The van der Waals surface area contributed by atoms with E-state index < -0.39 is 0 Å². The van der Waals surface area contributed by atoms with Crippen LogP contribution in [-0.4, -0.2) is 17.6 Å². The van der Waals surface area contributed by atoms with Gasteiger partial charge in [0.15, 0.2) is 0 Å². The number of benzene rings is 1. The SMILES string of the molecule is CCNC(C)/C(C)=C/c1cc(C)nc2ccccc12.